The number of aliphatic hydroxyl groups excluding tert-OH is 1. The summed E-state index contributed by atoms with van der Waals surface area (Å²) >= 11 is 5.42. The van der Waals surface area contributed by atoms with Gasteiger partial charge in [0.1, 0.15) is 0 Å². The molecule has 2 aromatic carbocycles. The Balaban J connectivity index is 1.15. The number of aryl methyl sites for hydroxylation is 1. The van der Waals surface area contributed by atoms with Gasteiger partial charge >= 0.3 is 245 Å². The Kier molecular flexibility index (Phi) is 9.22. The first-order valence-corrected chi connectivity index (χ1v) is 17.0. The number of ether oxygens (including phenoxy) is 1. The van der Waals surface area contributed by atoms with Gasteiger partial charge in [0.05, 0.1) is 0 Å². The third-order valence-corrected chi connectivity index (χ3v) is 10.0. The maximum atomic E-state index is 12.3. The minimum atomic E-state index is -3.76. The number of sulfonamides is 1. The number of thiocarbonyl (C=S) groups is 1. The molecule has 0 radical (unpaired) electrons. The first-order valence-electron chi connectivity index (χ1n) is 12.9. The second-order valence-corrected chi connectivity index (χ2v) is 13.9. The molecule has 1 aliphatic rings. The molecule has 5 rings (SSSR count). The van der Waals surface area contributed by atoms with Crippen molar-refractivity contribution in [2.75, 3.05) is 17.2 Å². The maximum absolute atomic E-state index is 12.3. The molecule has 1 aliphatic heterocycles. The van der Waals surface area contributed by atoms with Gasteiger partial charge in [0.2, 0.25) is 0 Å². The summed E-state index contributed by atoms with van der Waals surface area (Å²) in [6.45, 7) is 1.34. The van der Waals surface area contributed by atoms with Crippen LogP contribution in [-0.2, 0) is 20.1 Å². The van der Waals surface area contributed by atoms with Crippen molar-refractivity contribution in [1.82, 2.24) is 24.5 Å². The van der Waals surface area contributed by atoms with Gasteiger partial charge in [-0.15, -0.1) is 0 Å². The number of H-pyrrole nitrogens is 1. The second-order valence-electron chi connectivity index (χ2n) is 9.74. The van der Waals surface area contributed by atoms with Crippen molar-refractivity contribution in [2.45, 2.75) is 41.9 Å². The van der Waals surface area contributed by atoms with E-state index in [1.165, 1.54) is 22.9 Å². The summed E-state index contributed by atoms with van der Waals surface area (Å²) in [6.07, 6.45) is 2.41. The number of nitrogens with zero attached hydrogens (tertiary/aromatic N) is 4. The molecule has 0 spiro atoms. The molecule has 3 heterocycles. The summed E-state index contributed by atoms with van der Waals surface area (Å²) in [5, 5.41) is 30.7. The SMILES string of the molecule is Cc1cn([C@H]2C[C@H](n3cc(C[Se]c4ccc(NC(=S)Nc5ccc(S(N)(=O)=O)cc5)cc4)nn3)[C@@H](CO)O2)c(=O)[nH]c1=O. The van der Waals surface area contributed by atoms with Crippen LogP contribution >= 0.6 is 12.2 Å². The number of aromatic amines is 1. The molecule has 0 aliphatic carbocycles. The quantitative estimate of drug-likeness (QED) is 0.116. The topological polar surface area (TPSA) is 199 Å². The Morgan fingerprint density at radius 1 is 1.14 bits per heavy atom. The molecule has 17 heteroatoms. The van der Waals surface area contributed by atoms with Gasteiger partial charge in [-0.25, -0.2) is 13.6 Å². The molecule has 14 nitrogen and oxygen atoms in total. The summed E-state index contributed by atoms with van der Waals surface area (Å²) in [4.78, 5) is 26.4. The van der Waals surface area contributed by atoms with E-state index in [0.29, 0.717) is 28.1 Å². The fraction of sp³-hybridized carbons (Fsp3) is 0.269. The van der Waals surface area contributed by atoms with E-state index in [9.17, 15) is 23.1 Å². The van der Waals surface area contributed by atoms with E-state index in [1.54, 1.807) is 23.7 Å². The molecule has 4 aromatic rings. The molecule has 226 valence electrons. The van der Waals surface area contributed by atoms with Gasteiger partial charge in [0.25, 0.3) is 0 Å². The molecule has 1 saturated heterocycles. The molecular weight excluding hydrogens is 663 g/mol. The second kappa shape index (κ2) is 12.9. The van der Waals surface area contributed by atoms with Crippen LogP contribution in [0.5, 0.6) is 0 Å². The number of anilines is 2. The van der Waals surface area contributed by atoms with Gasteiger partial charge in [-0.1, -0.05) is 0 Å². The standard InChI is InChI=1S/C26H28N8O6S2Se/c1-15-11-33(26(37)30-24(15)36)23-10-21(22(13-35)40-23)34-12-18(31-32-34)14-43-20-8-4-17(5-9-20)29-25(41)28-16-2-6-19(7-3-16)42(27,38)39/h2-9,11-12,21-23,35H,10,13-14H2,1H3,(H2,27,38,39)(H2,28,29,41)(H,30,36,37)/t21-,22+,23+/m0/s1. The number of nitrogens with two attached hydrogens (primary N) is 1. The van der Waals surface area contributed by atoms with Crippen LogP contribution in [0.3, 0.4) is 0 Å². The van der Waals surface area contributed by atoms with Crippen molar-refractivity contribution in [2.24, 2.45) is 5.14 Å². The normalized spacial score (nSPS) is 18.4. The summed E-state index contributed by atoms with van der Waals surface area (Å²) in [7, 11) is -3.76. The Morgan fingerprint density at radius 2 is 1.79 bits per heavy atom. The van der Waals surface area contributed by atoms with E-state index in [4.69, 9.17) is 22.1 Å². The number of rotatable bonds is 9. The number of hydrogen-bond acceptors (Lipinski definition) is 9. The van der Waals surface area contributed by atoms with E-state index < -0.39 is 33.6 Å². The number of hydrogen-bond donors (Lipinski definition) is 5. The van der Waals surface area contributed by atoms with E-state index in [2.05, 4.69) is 25.9 Å². The van der Waals surface area contributed by atoms with Gasteiger partial charge in [0, 0.05) is 0 Å². The first kappa shape index (κ1) is 30.7. The number of aromatic nitrogens is 5. The third kappa shape index (κ3) is 7.45. The van der Waals surface area contributed by atoms with Crippen molar-refractivity contribution in [1.29, 1.82) is 0 Å². The van der Waals surface area contributed by atoms with Crippen LogP contribution in [0.4, 0.5) is 11.4 Å². The monoisotopic (exact) mass is 692 g/mol. The zero-order valence-electron chi connectivity index (χ0n) is 22.7. The fourth-order valence-corrected chi connectivity index (χ4v) is 6.86. The predicted molar refractivity (Wildman–Crippen MR) is 164 cm³/mol. The summed E-state index contributed by atoms with van der Waals surface area (Å²) in [6, 6.07) is 13.4. The summed E-state index contributed by atoms with van der Waals surface area (Å²) in [5.41, 5.74) is 1.55. The number of aliphatic hydroxyl groups is 1. The van der Waals surface area contributed by atoms with Crippen molar-refractivity contribution in [3.63, 3.8) is 0 Å². The fourth-order valence-electron chi connectivity index (χ4n) is 4.48. The van der Waals surface area contributed by atoms with Crippen molar-refractivity contribution >= 4 is 58.1 Å². The van der Waals surface area contributed by atoms with Gasteiger partial charge in [0.15, 0.2) is 0 Å². The molecule has 6 N–H and O–H groups in total. The van der Waals surface area contributed by atoms with Crippen LogP contribution in [0.15, 0.2) is 75.4 Å². The number of nitrogens with one attached hydrogen (secondary N) is 3. The Morgan fingerprint density at radius 3 is 2.42 bits per heavy atom. The third-order valence-electron chi connectivity index (χ3n) is 6.68. The van der Waals surface area contributed by atoms with Crippen molar-refractivity contribution < 1.29 is 18.3 Å². The molecular formula is C26H28N8O6S2Se. The molecule has 0 saturated carbocycles. The molecule has 1 fully saturated rings. The van der Waals surface area contributed by atoms with E-state index in [1.807, 2.05) is 30.5 Å². The van der Waals surface area contributed by atoms with Crippen molar-refractivity contribution in [3.8, 4) is 0 Å². The summed E-state index contributed by atoms with van der Waals surface area (Å²) < 4.78 is 32.9. The molecule has 2 aromatic heterocycles. The van der Waals surface area contributed by atoms with Gasteiger partial charge in [-0.2, -0.15) is 0 Å². The average Bonchev–Trinajstić information content (AvgIpc) is 3.61. The van der Waals surface area contributed by atoms with Crippen LogP contribution in [-0.4, -0.2) is 70.8 Å². The van der Waals surface area contributed by atoms with Gasteiger partial charge in [-0.3, -0.25) is 0 Å². The van der Waals surface area contributed by atoms with E-state index >= 15 is 0 Å². The molecule has 43 heavy (non-hydrogen) atoms. The van der Waals surface area contributed by atoms with Crippen LogP contribution in [0.25, 0.3) is 0 Å². The van der Waals surface area contributed by atoms with Gasteiger partial charge in [-0.05, 0) is 0 Å². The number of primary sulfonamides is 1. The predicted octanol–water partition coefficient (Wildman–Crippen LogP) is -0.0564. The minimum absolute atomic E-state index is 0.0168. The Hall–Kier alpha value is -3.70. The van der Waals surface area contributed by atoms with Crippen LogP contribution in [0, 0.1) is 6.92 Å². The Labute approximate surface area is 257 Å². The van der Waals surface area contributed by atoms with Gasteiger partial charge < -0.3 is 0 Å². The van der Waals surface area contributed by atoms with E-state index in [-0.39, 0.29) is 32.5 Å². The van der Waals surface area contributed by atoms with Crippen molar-refractivity contribution in [3.05, 3.63) is 93.0 Å². The zero-order valence-corrected chi connectivity index (χ0v) is 26.1. The summed E-state index contributed by atoms with van der Waals surface area (Å²) in [5.74, 6) is 0. The molecule has 0 unspecified atom stereocenters. The number of benzene rings is 2. The zero-order chi connectivity index (χ0) is 30.7. The first-order chi connectivity index (χ1) is 20.5. The molecule has 0 amide bonds. The molecule has 0 bridgehead atoms. The van der Waals surface area contributed by atoms with Crippen LogP contribution in [0.2, 0.25) is 0 Å². The van der Waals surface area contributed by atoms with E-state index in [0.717, 1.165) is 15.8 Å². The van der Waals surface area contributed by atoms with Crippen LogP contribution < -0.4 is 31.5 Å². The Bertz CT molecular complexity index is 1840. The van der Waals surface area contributed by atoms with Crippen LogP contribution in [0.1, 0.15) is 29.9 Å². The molecule has 3 atom stereocenters. The average molecular weight is 692 g/mol.